The number of ketones is 1. The van der Waals surface area contributed by atoms with Gasteiger partial charge < -0.3 is 35.5 Å². The maximum atomic E-state index is 14.4. The van der Waals surface area contributed by atoms with Gasteiger partial charge in [0.05, 0.1) is 41.2 Å². The minimum Gasteiger partial charge on any atom is -0.455 e. The number of nitrogens with zero attached hydrogens (tertiary/aromatic N) is 7. The van der Waals surface area contributed by atoms with Gasteiger partial charge in [-0.15, -0.1) is 68.0 Å². The van der Waals surface area contributed by atoms with Crippen molar-refractivity contribution in [2.75, 3.05) is 26.0 Å². The molecule has 0 radical (unpaired) electrons. The Balaban J connectivity index is 1.15. The molecule has 4 atom stereocenters. The molecule has 28 heteroatoms. The van der Waals surface area contributed by atoms with Crippen molar-refractivity contribution >= 4 is 115 Å². The van der Waals surface area contributed by atoms with Crippen LogP contribution < -0.4 is 26.6 Å². The number of fused-ring (bicyclic) bond motifs is 14. The van der Waals surface area contributed by atoms with E-state index >= 15 is 0 Å². The number of pyridine rings is 1. The number of carbonyl (C=O) groups is 7. The van der Waals surface area contributed by atoms with Gasteiger partial charge in [-0.25, -0.2) is 39.7 Å². The second-order valence-electron chi connectivity index (χ2n) is 20.2. The number of nitrogens with one attached hydrogen (secondary N) is 5. The molecule has 8 heterocycles. The third-order valence-electron chi connectivity index (χ3n) is 12.5. The molecule has 8 aromatic rings. The van der Waals surface area contributed by atoms with Crippen LogP contribution in [0.3, 0.4) is 0 Å². The van der Waals surface area contributed by atoms with Crippen LogP contribution >= 0.6 is 68.0 Å². The van der Waals surface area contributed by atoms with Gasteiger partial charge in [-0.2, -0.15) is 0 Å². The molecule has 0 aliphatic carbocycles. The number of hydrogen-bond acceptors (Lipinski definition) is 23. The van der Waals surface area contributed by atoms with Crippen molar-refractivity contribution in [1.82, 2.24) is 56.2 Å². The summed E-state index contributed by atoms with van der Waals surface area (Å²) in [5.41, 5.74) is 2.19. The van der Waals surface area contributed by atoms with E-state index in [2.05, 4.69) is 31.6 Å². The van der Waals surface area contributed by atoms with Crippen LogP contribution in [0.25, 0.3) is 43.4 Å². The summed E-state index contributed by atoms with van der Waals surface area (Å²) >= 11 is 7.29. The summed E-state index contributed by atoms with van der Waals surface area (Å²) in [4.78, 5) is 131. The zero-order chi connectivity index (χ0) is 59.3. The van der Waals surface area contributed by atoms with Gasteiger partial charge in [0, 0.05) is 65.4 Å². The summed E-state index contributed by atoms with van der Waals surface area (Å²) in [5, 5.41) is 23.2. The fourth-order valence-electron chi connectivity index (χ4n) is 8.60. The highest BCUT2D eigenvalue weighted by Gasteiger charge is 2.35. The number of benzene rings is 1. The van der Waals surface area contributed by atoms with E-state index in [1.165, 1.54) is 89.1 Å². The zero-order valence-corrected chi connectivity index (χ0v) is 51.1. The van der Waals surface area contributed by atoms with Gasteiger partial charge in [0.1, 0.15) is 76.7 Å². The minimum absolute atomic E-state index is 0.0187. The molecule has 10 bridgehead atoms. The van der Waals surface area contributed by atoms with Crippen LogP contribution in [0.4, 0.5) is 10.6 Å². The molecular weight excluding hydrogens is 1180 g/mol. The molecular formula is C55H56N12O10S6. The molecule has 0 spiro atoms. The fraction of sp³-hybridized carbons (Fsp3) is 0.345. The van der Waals surface area contributed by atoms with E-state index in [4.69, 9.17) is 44.1 Å². The van der Waals surface area contributed by atoms with Crippen LogP contribution in [0.1, 0.15) is 140 Å². The molecule has 0 fully saturated rings. The maximum absolute atomic E-state index is 14.4. The van der Waals surface area contributed by atoms with E-state index in [-0.39, 0.29) is 60.0 Å². The molecule has 83 heavy (non-hydrogen) atoms. The van der Waals surface area contributed by atoms with Crippen molar-refractivity contribution in [2.24, 2.45) is 5.92 Å². The number of hydrogen-bond donors (Lipinski definition) is 5. The highest BCUT2D eigenvalue weighted by molar-refractivity contribution is 7.15. The summed E-state index contributed by atoms with van der Waals surface area (Å²) in [6, 6.07) is 10.4. The fourth-order valence-corrected chi connectivity index (χ4v) is 14.2. The number of anilines is 1. The van der Waals surface area contributed by atoms with Gasteiger partial charge in [-0.1, -0.05) is 44.2 Å². The van der Waals surface area contributed by atoms with Gasteiger partial charge in [-0.3, -0.25) is 34.1 Å². The average molecular weight is 1240 g/mol. The van der Waals surface area contributed by atoms with Crippen LogP contribution in [0, 0.1) is 12.8 Å². The van der Waals surface area contributed by atoms with E-state index < -0.39 is 66.0 Å². The zero-order valence-electron chi connectivity index (χ0n) is 46.2. The number of ether oxygens (including phenoxy) is 3. The Labute approximate surface area is 500 Å². The SMILES string of the molecule is CNC(=O)C[C@@H]1NC(=O)c2csc(n2)-c2ccc(-c3nc(NC(=O)OC(C)(C)C)cs3)nc2-c2csc(n2)-c2csc(n2)[C@H]([C@@H](OC(C)=O)c2ccccc2)NC(=O)CNC(=O)c2nc(sc2COC)[C@H](C(C)C)CC(=O)c2nc1sc2C. The Kier molecular flexibility index (Phi) is 18.7. The number of esters is 1. The normalized spacial score (nSPS) is 16.5. The average Bonchev–Trinajstić information content (AvgIpc) is 4.07. The Morgan fingerprint density at radius 1 is 0.735 bits per heavy atom. The molecule has 5 N–H and O–H groups in total. The predicted molar refractivity (Wildman–Crippen MR) is 318 cm³/mol. The second-order valence-corrected chi connectivity index (χ2v) is 26.0. The minimum atomic E-state index is -1.07. The van der Waals surface area contributed by atoms with Crippen molar-refractivity contribution in [3.8, 4) is 43.4 Å². The first-order chi connectivity index (χ1) is 39.6. The van der Waals surface area contributed by atoms with Gasteiger partial charge in [0.25, 0.3) is 11.8 Å². The van der Waals surface area contributed by atoms with Crippen molar-refractivity contribution in [1.29, 1.82) is 0 Å². The Morgan fingerprint density at radius 3 is 2.16 bits per heavy atom. The van der Waals surface area contributed by atoms with Crippen molar-refractivity contribution < 1.29 is 47.8 Å². The molecule has 7 aromatic heterocycles. The van der Waals surface area contributed by atoms with Crippen molar-refractivity contribution in [2.45, 2.75) is 97.6 Å². The van der Waals surface area contributed by atoms with Crippen LogP contribution in [-0.4, -0.2) is 103 Å². The number of methoxy groups -OCH3 is 1. The van der Waals surface area contributed by atoms with E-state index in [1.54, 1.807) is 91.7 Å². The monoisotopic (exact) mass is 1240 g/mol. The lowest BCUT2D eigenvalue weighted by Crippen LogP contribution is -2.41. The highest BCUT2D eigenvalue weighted by Crippen LogP contribution is 2.41. The number of aromatic nitrogens is 7. The first-order valence-electron chi connectivity index (χ1n) is 25.8. The lowest BCUT2D eigenvalue weighted by molar-refractivity contribution is -0.149. The van der Waals surface area contributed by atoms with Gasteiger partial charge in [0.2, 0.25) is 11.8 Å². The second kappa shape index (κ2) is 25.9. The number of amides is 5. The third kappa shape index (κ3) is 14.4. The van der Waals surface area contributed by atoms with Crippen LogP contribution in [-0.2, 0) is 35.2 Å². The highest BCUT2D eigenvalue weighted by atomic mass is 32.1. The summed E-state index contributed by atoms with van der Waals surface area (Å²) in [7, 11) is 2.96. The quantitative estimate of drug-likeness (QED) is 0.0795. The Morgan fingerprint density at radius 2 is 1.43 bits per heavy atom. The summed E-state index contributed by atoms with van der Waals surface area (Å²) < 4.78 is 16.9. The smallest absolute Gasteiger partial charge is 0.413 e. The molecule has 22 nitrogen and oxygen atoms in total. The first-order valence-corrected chi connectivity index (χ1v) is 30.9. The Bertz CT molecular complexity index is 3730. The molecule has 0 unspecified atom stereocenters. The topological polar surface area (TPSA) is 298 Å². The number of rotatable bonds is 10. The maximum Gasteiger partial charge on any atom is 0.413 e. The Hall–Kier alpha value is -7.60. The molecule has 1 aliphatic heterocycles. The standard InChI is InChI=1S/C55H56N12O10S6/c1-25(2)30-17-36(69)41-26(3)82-52(66-41)32(18-39(70)56-8)59-46(72)34-22-78-48(61-34)29-15-16-31(50-63-38(24-81-50)64-54(74)77-55(5,6)7)58-42(29)33-21-79-51(60-33)35-23-80-53(62-35)44(45(76-27(4)68)28-13-11-10-12-14-28)65-40(71)19-57-47(73)43-37(20-75-9)83-49(30)67-43/h10-16,21-25,30,32,44-45H,17-20H2,1-9H3,(H,56,70)(H,57,73)(H,59,72)(H,64,74)(H,65,71)/t30-,32-,44-,45-/m0/s1. The molecule has 5 amide bonds. The number of aryl methyl sites for hydroxylation is 1. The molecule has 0 saturated carbocycles. The predicted octanol–water partition coefficient (Wildman–Crippen LogP) is 10.1. The van der Waals surface area contributed by atoms with Gasteiger partial charge in [-0.05, 0) is 51.3 Å². The van der Waals surface area contributed by atoms with E-state index in [0.717, 1.165) is 0 Å². The molecule has 1 aromatic carbocycles. The van der Waals surface area contributed by atoms with Crippen LogP contribution in [0.2, 0.25) is 0 Å². The summed E-state index contributed by atoms with van der Waals surface area (Å²) in [5.74, 6) is -3.58. The number of carbonyl (C=O) groups excluding carboxylic acids is 7. The lowest BCUT2D eigenvalue weighted by Gasteiger charge is -2.26. The lowest BCUT2D eigenvalue weighted by atomic mass is 9.90. The van der Waals surface area contributed by atoms with Crippen molar-refractivity contribution in [3.63, 3.8) is 0 Å². The largest absolute Gasteiger partial charge is 0.455 e. The summed E-state index contributed by atoms with van der Waals surface area (Å²) in [6.45, 7) is 11.7. The number of Topliss-reactive ketones (excluding diaryl/α,β-unsaturated/α-hetero) is 1. The van der Waals surface area contributed by atoms with Gasteiger partial charge in [0.15, 0.2) is 11.9 Å². The molecule has 9 rings (SSSR count). The van der Waals surface area contributed by atoms with Gasteiger partial charge >= 0.3 is 12.1 Å². The number of thiazole rings is 6. The van der Waals surface area contributed by atoms with Crippen LogP contribution in [0.15, 0.2) is 64.0 Å². The molecule has 1 aliphatic rings. The van der Waals surface area contributed by atoms with E-state index in [1.807, 2.05) is 13.8 Å². The molecule has 0 saturated heterocycles. The third-order valence-corrected chi connectivity index (χ3v) is 18.3. The van der Waals surface area contributed by atoms with Crippen LogP contribution in [0.5, 0.6) is 0 Å². The first kappa shape index (κ1) is 60.0. The van der Waals surface area contributed by atoms with E-state index in [9.17, 15) is 33.6 Å². The molecule has 432 valence electrons. The van der Waals surface area contributed by atoms with Crippen molar-refractivity contribution in [3.05, 3.63) is 111 Å². The van der Waals surface area contributed by atoms with E-state index in [0.29, 0.717) is 73.7 Å². The summed E-state index contributed by atoms with van der Waals surface area (Å²) in [6.07, 6.45) is -1.98.